The van der Waals surface area contributed by atoms with Crippen molar-refractivity contribution in [3.63, 3.8) is 0 Å². The van der Waals surface area contributed by atoms with Gasteiger partial charge in [-0.15, -0.1) is 0 Å². The van der Waals surface area contributed by atoms with Gasteiger partial charge in [0.1, 0.15) is 0 Å². The van der Waals surface area contributed by atoms with Crippen LogP contribution in [-0.4, -0.2) is 42.8 Å². The van der Waals surface area contributed by atoms with E-state index in [9.17, 15) is 9.59 Å². The van der Waals surface area contributed by atoms with E-state index in [1.54, 1.807) is 24.1 Å². The van der Waals surface area contributed by atoms with Gasteiger partial charge in [0.25, 0.3) is 0 Å². The zero-order valence-corrected chi connectivity index (χ0v) is 10.6. The molecule has 1 amide bonds. The highest BCUT2D eigenvalue weighted by molar-refractivity contribution is 5.97. The maximum absolute atomic E-state index is 11.9. The quantitative estimate of drug-likeness (QED) is 0.764. The molecule has 1 aliphatic carbocycles. The Morgan fingerprint density at radius 2 is 1.89 bits per heavy atom. The number of likely N-dealkylation sites (N-methyl/N-ethyl adjacent to an activating group) is 1. The predicted molar refractivity (Wildman–Crippen MR) is 69.4 cm³/mol. The molecule has 4 nitrogen and oxygen atoms in total. The summed E-state index contributed by atoms with van der Waals surface area (Å²) in [6, 6.07) is 9.51. The fraction of sp³-hybridized carbons (Fsp3) is 0.429. The summed E-state index contributed by atoms with van der Waals surface area (Å²) in [5.74, 6) is 0.0400. The van der Waals surface area contributed by atoms with E-state index < -0.39 is 0 Å². The summed E-state index contributed by atoms with van der Waals surface area (Å²) in [4.78, 5) is 25.2. The average molecular weight is 246 g/mol. The van der Waals surface area contributed by atoms with E-state index in [0.717, 1.165) is 12.8 Å². The van der Waals surface area contributed by atoms with E-state index in [1.165, 1.54) is 0 Å². The molecule has 1 N–H and O–H groups in total. The minimum absolute atomic E-state index is 0.000798. The highest BCUT2D eigenvalue weighted by atomic mass is 16.2. The maximum Gasteiger partial charge on any atom is 0.234 e. The van der Waals surface area contributed by atoms with E-state index in [4.69, 9.17) is 0 Å². The lowest BCUT2D eigenvalue weighted by Gasteiger charge is -2.15. The molecule has 0 aromatic heterocycles. The van der Waals surface area contributed by atoms with E-state index in [1.807, 2.05) is 18.2 Å². The minimum Gasteiger partial charge on any atom is -0.352 e. The van der Waals surface area contributed by atoms with Gasteiger partial charge in [-0.3, -0.25) is 14.5 Å². The van der Waals surface area contributed by atoms with Crippen molar-refractivity contribution in [2.45, 2.75) is 18.9 Å². The second kappa shape index (κ2) is 5.78. The Morgan fingerprint density at radius 1 is 1.22 bits per heavy atom. The summed E-state index contributed by atoms with van der Waals surface area (Å²) in [5.41, 5.74) is 0.687. The normalized spacial score (nSPS) is 14.6. The van der Waals surface area contributed by atoms with E-state index in [2.05, 4.69) is 5.32 Å². The van der Waals surface area contributed by atoms with Crippen molar-refractivity contribution in [2.75, 3.05) is 20.1 Å². The van der Waals surface area contributed by atoms with Gasteiger partial charge in [-0.25, -0.2) is 0 Å². The summed E-state index contributed by atoms with van der Waals surface area (Å²) >= 11 is 0. The molecule has 0 bridgehead atoms. The van der Waals surface area contributed by atoms with E-state index >= 15 is 0 Å². The first-order chi connectivity index (χ1) is 8.65. The number of benzene rings is 1. The van der Waals surface area contributed by atoms with Gasteiger partial charge in [0.15, 0.2) is 5.78 Å². The van der Waals surface area contributed by atoms with Gasteiger partial charge in [-0.2, -0.15) is 0 Å². The lowest BCUT2D eigenvalue weighted by atomic mass is 10.1. The summed E-state index contributed by atoms with van der Waals surface area (Å²) in [7, 11) is 1.79. The number of nitrogens with zero attached hydrogens (tertiary/aromatic N) is 1. The Hall–Kier alpha value is -1.68. The molecule has 1 aliphatic rings. The number of Topliss-reactive ketones (excluding diaryl/α,β-unsaturated/α-hetero) is 1. The van der Waals surface area contributed by atoms with Crippen molar-refractivity contribution < 1.29 is 9.59 Å². The van der Waals surface area contributed by atoms with Crippen LogP contribution < -0.4 is 5.32 Å². The molecule has 96 valence electrons. The van der Waals surface area contributed by atoms with Crippen molar-refractivity contribution in [2.24, 2.45) is 0 Å². The van der Waals surface area contributed by atoms with Crippen LogP contribution in [0.4, 0.5) is 0 Å². The number of nitrogens with one attached hydrogen (secondary N) is 1. The maximum atomic E-state index is 11.9. The van der Waals surface area contributed by atoms with Crippen LogP contribution in [0.5, 0.6) is 0 Å². The van der Waals surface area contributed by atoms with Gasteiger partial charge in [0.05, 0.1) is 13.1 Å². The van der Waals surface area contributed by atoms with Crippen LogP contribution in [0.25, 0.3) is 0 Å². The second-order valence-corrected chi connectivity index (χ2v) is 4.80. The molecule has 1 fully saturated rings. The molecule has 0 atom stereocenters. The third kappa shape index (κ3) is 3.96. The smallest absolute Gasteiger partial charge is 0.234 e. The van der Waals surface area contributed by atoms with Gasteiger partial charge in [-0.05, 0) is 19.9 Å². The fourth-order valence-electron chi connectivity index (χ4n) is 1.76. The molecule has 0 saturated heterocycles. The molecule has 0 radical (unpaired) electrons. The summed E-state index contributed by atoms with van der Waals surface area (Å²) in [6.45, 7) is 0.539. The third-order valence-corrected chi connectivity index (χ3v) is 2.87. The molecule has 1 aromatic rings. The van der Waals surface area contributed by atoms with Gasteiger partial charge in [0.2, 0.25) is 5.91 Å². The number of ketones is 1. The van der Waals surface area contributed by atoms with Crippen molar-refractivity contribution in [3.05, 3.63) is 35.9 Å². The number of carbonyl (C=O) groups excluding carboxylic acids is 2. The molecular weight excluding hydrogens is 228 g/mol. The van der Waals surface area contributed by atoms with Crippen molar-refractivity contribution >= 4 is 11.7 Å². The van der Waals surface area contributed by atoms with Crippen LogP contribution in [-0.2, 0) is 4.79 Å². The van der Waals surface area contributed by atoms with Crippen LogP contribution in [0.3, 0.4) is 0 Å². The standard InChI is InChI=1S/C14H18N2O2/c1-16(10-14(18)15-12-7-8-12)9-13(17)11-5-3-2-4-6-11/h2-6,12H,7-10H2,1H3,(H,15,18). The fourth-order valence-corrected chi connectivity index (χ4v) is 1.76. The van der Waals surface area contributed by atoms with Gasteiger partial charge >= 0.3 is 0 Å². The monoisotopic (exact) mass is 246 g/mol. The molecule has 0 unspecified atom stereocenters. The number of carbonyl (C=O) groups is 2. The Labute approximate surface area is 107 Å². The molecule has 0 spiro atoms. The number of amides is 1. The molecule has 0 aliphatic heterocycles. The molecular formula is C14H18N2O2. The predicted octanol–water partition coefficient (Wildman–Crippen LogP) is 1.08. The molecule has 1 saturated carbocycles. The van der Waals surface area contributed by atoms with Crippen LogP contribution in [0.1, 0.15) is 23.2 Å². The van der Waals surface area contributed by atoms with Crippen molar-refractivity contribution in [1.29, 1.82) is 0 Å². The largest absolute Gasteiger partial charge is 0.352 e. The first-order valence-corrected chi connectivity index (χ1v) is 6.21. The topological polar surface area (TPSA) is 49.4 Å². The van der Waals surface area contributed by atoms with Crippen LogP contribution in [0.2, 0.25) is 0 Å². The minimum atomic E-state index is 0.000798. The molecule has 2 rings (SSSR count). The molecule has 1 aromatic carbocycles. The van der Waals surface area contributed by atoms with E-state index in [0.29, 0.717) is 11.6 Å². The number of rotatable bonds is 6. The van der Waals surface area contributed by atoms with Crippen LogP contribution in [0, 0.1) is 0 Å². The summed E-state index contributed by atoms with van der Waals surface area (Å²) < 4.78 is 0. The second-order valence-electron chi connectivity index (χ2n) is 4.80. The Balaban J connectivity index is 1.77. The third-order valence-electron chi connectivity index (χ3n) is 2.87. The van der Waals surface area contributed by atoms with Gasteiger partial charge < -0.3 is 5.32 Å². The Bertz CT molecular complexity index is 427. The Morgan fingerprint density at radius 3 is 2.50 bits per heavy atom. The lowest BCUT2D eigenvalue weighted by Crippen LogP contribution is -2.38. The van der Waals surface area contributed by atoms with Crippen molar-refractivity contribution in [1.82, 2.24) is 10.2 Å². The zero-order chi connectivity index (χ0) is 13.0. The lowest BCUT2D eigenvalue weighted by molar-refractivity contribution is -0.121. The number of hydrogen-bond donors (Lipinski definition) is 1. The van der Waals surface area contributed by atoms with Gasteiger partial charge in [-0.1, -0.05) is 30.3 Å². The first kappa shape index (κ1) is 12.8. The molecule has 4 heteroatoms. The average Bonchev–Trinajstić information content (AvgIpc) is 3.13. The van der Waals surface area contributed by atoms with Crippen molar-refractivity contribution in [3.8, 4) is 0 Å². The van der Waals surface area contributed by atoms with Crippen LogP contribution in [0.15, 0.2) is 30.3 Å². The van der Waals surface area contributed by atoms with E-state index in [-0.39, 0.29) is 24.8 Å². The Kier molecular flexibility index (Phi) is 4.10. The first-order valence-electron chi connectivity index (χ1n) is 6.21. The molecule has 18 heavy (non-hydrogen) atoms. The highest BCUT2D eigenvalue weighted by Gasteiger charge is 2.23. The zero-order valence-electron chi connectivity index (χ0n) is 10.6. The van der Waals surface area contributed by atoms with Crippen LogP contribution >= 0.6 is 0 Å². The number of hydrogen-bond acceptors (Lipinski definition) is 3. The summed E-state index contributed by atoms with van der Waals surface area (Å²) in [6.07, 6.45) is 2.16. The SMILES string of the molecule is CN(CC(=O)NC1CC1)CC(=O)c1ccccc1. The summed E-state index contributed by atoms with van der Waals surface area (Å²) in [5, 5.41) is 2.91. The molecule has 0 heterocycles. The van der Waals surface area contributed by atoms with Gasteiger partial charge in [0, 0.05) is 11.6 Å². The highest BCUT2D eigenvalue weighted by Crippen LogP contribution is 2.18.